The lowest BCUT2D eigenvalue weighted by Gasteiger charge is -2.04. The maximum Gasteiger partial charge on any atom is 0.793 e. The second-order valence-corrected chi connectivity index (χ2v) is 4.40. The summed E-state index contributed by atoms with van der Waals surface area (Å²) >= 11 is -0.645. The Morgan fingerprint density at radius 3 is 1.62 bits per heavy atom. The zero-order valence-corrected chi connectivity index (χ0v) is 10.6. The molecule has 0 aliphatic carbocycles. The van der Waals surface area contributed by atoms with Crippen molar-refractivity contribution in [1.29, 1.82) is 0 Å². The molecule has 13 heavy (non-hydrogen) atoms. The number of unbranched alkanes of at least 4 members (excludes halogenated alkanes) is 4. The van der Waals surface area contributed by atoms with Crippen molar-refractivity contribution in [3.05, 3.63) is 0 Å². The van der Waals surface area contributed by atoms with Gasteiger partial charge in [0.05, 0.1) is 0 Å². The highest BCUT2D eigenvalue weighted by Gasteiger charge is 1.99. The second kappa shape index (κ2) is 12.7. The zero-order chi connectivity index (χ0) is 9.78. The molecule has 0 saturated carbocycles. The van der Waals surface area contributed by atoms with Gasteiger partial charge in [0.1, 0.15) is 0 Å². The fourth-order valence-electron chi connectivity index (χ4n) is 1.09. The summed E-state index contributed by atoms with van der Waals surface area (Å²) in [4.78, 5) is 0. The summed E-state index contributed by atoms with van der Waals surface area (Å²) in [6.07, 6.45) is 7.49. The summed E-state index contributed by atoms with van der Waals surface area (Å²) in [6, 6.07) is 0. The summed E-state index contributed by atoms with van der Waals surface area (Å²) in [5, 5.41) is 0. The molecule has 0 amide bonds. The fraction of sp³-hybridized carbons (Fsp3) is 1.00. The molecule has 0 bridgehead atoms. The average Bonchev–Trinajstić information content (AvgIpc) is 2.16. The monoisotopic (exact) mass is 198 g/mol. The average molecular weight is 199 g/mol. The van der Waals surface area contributed by atoms with Gasteiger partial charge in [-0.25, -0.2) is 0 Å². The van der Waals surface area contributed by atoms with Crippen LogP contribution in [0, 0.1) is 0 Å². The Labute approximate surface area is 93.1 Å². The second-order valence-electron chi connectivity index (χ2n) is 3.35. The Bertz CT molecular complexity index is 79.0. The van der Waals surface area contributed by atoms with E-state index in [9.17, 15) is 0 Å². The Morgan fingerprint density at radius 1 is 0.769 bits per heavy atom. The molecular weight excluding hydrogens is 176 g/mol. The van der Waals surface area contributed by atoms with E-state index < -0.39 is 21.2 Å². The van der Waals surface area contributed by atoms with E-state index in [2.05, 4.69) is 13.8 Å². The standard InChI is InChI=1S/2C5H11O.Mg/c2*1-2-3-4-5-6;/h2*2-5H2,1H3;/q2*-1;+2. The van der Waals surface area contributed by atoms with Gasteiger partial charge < -0.3 is 6.34 Å². The van der Waals surface area contributed by atoms with Crippen LogP contribution in [0.3, 0.4) is 0 Å². The molecule has 0 fully saturated rings. The smallest absolute Gasteiger partial charge is 0.533 e. The molecule has 0 aromatic heterocycles. The first-order valence-corrected chi connectivity index (χ1v) is 6.72. The van der Waals surface area contributed by atoms with Crippen LogP contribution in [0.25, 0.3) is 0 Å². The van der Waals surface area contributed by atoms with Crippen molar-refractivity contribution in [2.45, 2.75) is 52.4 Å². The van der Waals surface area contributed by atoms with Crippen LogP contribution < -0.4 is 0 Å². The molecule has 0 N–H and O–H groups in total. The molecule has 0 unspecified atom stereocenters. The summed E-state index contributed by atoms with van der Waals surface area (Å²) in [5.74, 6) is 0. The van der Waals surface area contributed by atoms with Crippen LogP contribution in [-0.4, -0.2) is 34.4 Å². The van der Waals surface area contributed by atoms with Crippen LogP contribution in [0.4, 0.5) is 0 Å². The van der Waals surface area contributed by atoms with Gasteiger partial charge in [-0.05, 0) is 12.8 Å². The molecule has 0 radical (unpaired) electrons. The SMILES string of the molecule is CCCCC[O][Mg][O]CCCCC. The summed E-state index contributed by atoms with van der Waals surface area (Å²) in [5.41, 5.74) is 0. The van der Waals surface area contributed by atoms with E-state index in [4.69, 9.17) is 6.34 Å². The van der Waals surface area contributed by atoms with Gasteiger partial charge in [0.25, 0.3) is 0 Å². The predicted molar refractivity (Wildman–Crippen MR) is 56.7 cm³/mol. The molecule has 0 atom stereocenters. The lowest BCUT2D eigenvalue weighted by atomic mass is 10.3. The summed E-state index contributed by atoms with van der Waals surface area (Å²) < 4.78 is 10.9. The van der Waals surface area contributed by atoms with Crippen molar-refractivity contribution in [3.63, 3.8) is 0 Å². The molecule has 0 aromatic rings. The first kappa shape index (κ1) is 13.7. The van der Waals surface area contributed by atoms with E-state index in [1.165, 1.54) is 38.5 Å². The molecule has 0 heterocycles. The van der Waals surface area contributed by atoms with Crippen molar-refractivity contribution in [1.82, 2.24) is 0 Å². The van der Waals surface area contributed by atoms with Gasteiger partial charge in [0.15, 0.2) is 0 Å². The van der Waals surface area contributed by atoms with E-state index in [1.807, 2.05) is 0 Å². The van der Waals surface area contributed by atoms with Crippen molar-refractivity contribution >= 4 is 21.2 Å². The number of hydrogen-bond donors (Lipinski definition) is 0. The number of rotatable bonds is 10. The molecule has 0 aliphatic rings. The van der Waals surface area contributed by atoms with Crippen molar-refractivity contribution < 1.29 is 6.34 Å². The maximum absolute atomic E-state index is 5.43. The van der Waals surface area contributed by atoms with Gasteiger partial charge in [-0.1, -0.05) is 39.5 Å². The van der Waals surface area contributed by atoms with Crippen molar-refractivity contribution in [2.75, 3.05) is 13.2 Å². The molecule has 0 rings (SSSR count). The van der Waals surface area contributed by atoms with E-state index in [1.54, 1.807) is 0 Å². The van der Waals surface area contributed by atoms with Gasteiger partial charge in [-0.15, -0.1) is 0 Å². The van der Waals surface area contributed by atoms with E-state index >= 15 is 0 Å². The number of hydrogen-bond acceptors (Lipinski definition) is 2. The Kier molecular flexibility index (Phi) is 13.4. The normalized spacial score (nSPS) is 10.0. The first-order valence-electron chi connectivity index (χ1n) is 5.57. The Morgan fingerprint density at radius 2 is 1.23 bits per heavy atom. The fourth-order valence-corrected chi connectivity index (χ4v) is 1.85. The minimum Gasteiger partial charge on any atom is -0.533 e. The van der Waals surface area contributed by atoms with Crippen LogP contribution in [0.2, 0.25) is 0 Å². The van der Waals surface area contributed by atoms with Crippen LogP contribution in [-0.2, 0) is 6.34 Å². The minimum atomic E-state index is -0.645. The largest absolute Gasteiger partial charge is 0.793 e. The molecule has 0 aromatic carbocycles. The van der Waals surface area contributed by atoms with Crippen LogP contribution in [0.1, 0.15) is 52.4 Å². The van der Waals surface area contributed by atoms with E-state index in [-0.39, 0.29) is 0 Å². The highest BCUT2D eigenvalue weighted by Crippen LogP contribution is 1.95. The summed E-state index contributed by atoms with van der Waals surface area (Å²) in [7, 11) is 0. The van der Waals surface area contributed by atoms with Gasteiger partial charge >= 0.3 is 21.2 Å². The molecule has 3 heteroatoms. The highest BCUT2D eigenvalue weighted by atomic mass is 24.5. The third-order valence-electron chi connectivity index (χ3n) is 1.95. The van der Waals surface area contributed by atoms with Gasteiger partial charge in [-0.2, -0.15) is 0 Å². The van der Waals surface area contributed by atoms with Gasteiger partial charge in [0, 0.05) is 13.2 Å². The van der Waals surface area contributed by atoms with Crippen LogP contribution in [0.5, 0.6) is 0 Å². The van der Waals surface area contributed by atoms with Crippen LogP contribution in [0.15, 0.2) is 0 Å². The minimum absolute atomic E-state index is 0.645. The topological polar surface area (TPSA) is 18.5 Å². The third kappa shape index (κ3) is 12.7. The lowest BCUT2D eigenvalue weighted by Crippen LogP contribution is -2.06. The first-order chi connectivity index (χ1) is 6.41. The van der Waals surface area contributed by atoms with Crippen molar-refractivity contribution in [3.8, 4) is 0 Å². The Hall–Kier alpha value is 0.686. The Balaban J connectivity index is 2.76. The zero-order valence-electron chi connectivity index (χ0n) is 9.18. The quantitative estimate of drug-likeness (QED) is 0.397. The molecule has 76 valence electrons. The molecule has 0 aliphatic heterocycles. The van der Waals surface area contributed by atoms with E-state index in [0.29, 0.717) is 0 Å². The molecule has 0 saturated heterocycles. The summed E-state index contributed by atoms with van der Waals surface area (Å²) in [6.45, 7) is 6.24. The molecular formula is C10H22MgO2. The van der Waals surface area contributed by atoms with Crippen LogP contribution >= 0.6 is 0 Å². The highest BCUT2D eigenvalue weighted by molar-refractivity contribution is 6.17. The predicted octanol–water partition coefficient (Wildman–Crippen LogP) is 2.93. The van der Waals surface area contributed by atoms with Gasteiger partial charge in [0.2, 0.25) is 0 Å². The van der Waals surface area contributed by atoms with E-state index in [0.717, 1.165) is 13.2 Å². The molecule has 0 spiro atoms. The maximum atomic E-state index is 5.43. The lowest BCUT2D eigenvalue weighted by molar-refractivity contribution is 0.214. The third-order valence-corrected chi connectivity index (χ3v) is 2.86. The molecule has 2 nitrogen and oxygen atoms in total. The van der Waals surface area contributed by atoms with Gasteiger partial charge in [-0.3, -0.25) is 0 Å². The van der Waals surface area contributed by atoms with Crippen molar-refractivity contribution in [2.24, 2.45) is 0 Å².